The maximum Gasteiger partial charge on any atom is 0.119 e. The van der Waals surface area contributed by atoms with Crippen LogP contribution in [-0.2, 0) is 0 Å². The Hall–Kier alpha value is -1.28. The second kappa shape index (κ2) is 8.00. The highest BCUT2D eigenvalue weighted by molar-refractivity contribution is 5.50. The molecule has 1 N–H and O–H groups in total. The average Bonchev–Trinajstić information content (AvgIpc) is 3.25. The minimum absolute atomic E-state index is 0.781. The van der Waals surface area contributed by atoms with Gasteiger partial charge < -0.3 is 10.1 Å². The van der Waals surface area contributed by atoms with Gasteiger partial charge in [-0.25, -0.2) is 0 Å². The summed E-state index contributed by atoms with van der Waals surface area (Å²) in [6.45, 7) is 4.01. The topological polar surface area (TPSA) is 21.3 Å². The molecule has 1 aromatic carbocycles. The van der Waals surface area contributed by atoms with E-state index in [1.807, 2.05) is 0 Å². The molecule has 19 heavy (non-hydrogen) atoms. The number of ether oxygens (including phenoxy) is 1. The number of rotatable bonds is 9. The van der Waals surface area contributed by atoms with E-state index in [0.29, 0.717) is 0 Å². The summed E-state index contributed by atoms with van der Waals surface area (Å²) in [4.78, 5) is 0. The summed E-state index contributed by atoms with van der Waals surface area (Å²) >= 11 is 0. The molecule has 2 heteroatoms. The second-order valence-electron chi connectivity index (χ2n) is 5.21. The molecule has 0 aromatic heterocycles. The van der Waals surface area contributed by atoms with Crippen molar-refractivity contribution in [1.29, 1.82) is 0 Å². The van der Waals surface area contributed by atoms with Crippen molar-refractivity contribution in [3.05, 3.63) is 35.9 Å². The van der Waals surface area contributed by atoms with Gasteiger partial charge in [0, 0.05) is 12.6 Å². The first-order chi connectivity index (χ1) is 9.38. The third-order valence-corrected chi connectivity index (χ3v) is 3.31. The fourth-order valence-electron chi connectivity index (χ4n) is 1.93. The smallest absolute Gasteiger partial charge is 0.119 e. The van der Waals surface area contributed by atoms with Crippen LogP contribution in [0.5, 0.6) is 5.75 Å². The van der Waals surface area contributed by atoms with Gasteiger partial charge in [0.15, 0.2) is 0 Å². The monoisotopic (exact) mass is 259 g/mol. The molecule has 0 bridgehead atoms. The third-order valence-electron chi connectivity index (χ3n) is 3.31. The SMILES string of the molecule is CCCCCOc1ccc(C=CCNC2CC2)cc1. The standard InChI is InChI=1S/C17H25NO/c1-2-3-4-14-19-17-11-7-15(8-12-17)6-5-13-18-16-9-10-16/h5-8,11-12,16,18H,2-4,9-10,13-14H2,1H3. The second-order valence-corrected chi connectivity index (χ2v) is 5.21. The maximum absolute atomic E-state index is 5.69. The Kier molecular flexibility index (Phi) is 5.96. The van der Waals surface area contributed by atoms with Crippen LogP contribution in [0.4, 0.5) is 0 Å². The number of hydrogen-bond acceptors (Lipinski definition) is 2. The molecule has 0 unspecified atom stereocenters. The average molecular weight is 259 g/mol. The molecule has 2 rings (SSSR count). The Morgan fingerprint density at radius 3 is 2.68 bits per heavy atom. The van der Waals surface area contributed by atoms with Crippen molar-refractivity contribution >= 4 is 6.08 Å². The minimum atomic E-state index is 0.781. The fraction of sp³-hybridized carbons (Fsp3) is 0.529. The first-order valence-corrected chi connectivity index (χ1v) is 7.51. The summed E-state index contributed by atoms with van der Waals surface area (Å²) in [5.74, 6) is 0.976. The summed E-state index contributed by atoms with van der Waals surface area (Å²) in [5, 5.41) is 3.47. The Morgan fingerprint density at radius 2 is 2.00 bits per heavy atom. The molecule has 1 fully saturated rings. The minimum Gasteiger partial charge on any atom is -0.494 e. The Balaban J connectivity index is 1.67. The quantitative estimate of drug-likeness (QED) is 0.676. The van der Waals surface area contributed by atoms with Crippen molar-refractivity contribution in [1.82, 2.24) is 5.32 Å². The van der Waals surface area contributed by atoms with Gasteiger partial charge >= 0.3 is 0 Å². The van der Waals surface area contributed by atoms with Gasteiger partial charge in [-0.15, -0.1) is 0 Å². The molecule has 104 valence electrons. The molecule has 0 aliphatic heterocycles. The van der Waals surface area contributed by atoms with Crippen LogP contribution in [0.3, 0.4) is 0 Å². The van der Waals surface area contributed by atoms with E-state index in [1.54, 1.807) is 0 Å². The Bertz CT molecular complexity index is 379. The van der Waals surface area contributed by atoms with Crippen LogP contribution in [0, 0.1) is 0 Å². The van der Waals surface area contributed by atoms with Gasteiger partial charge in [-0.05, 0) is 37.0 Å². The summed E-state index contributed by atoms with van der Waals surface area (Å²) in [6.07, 6.45) is 10.7. The van der Waals surface area contributed by atoms with Crippen molar-refractivity contribution in [2.45, 2.75) is 45.1 Å². The van der Waals surface area contributed by atoms with Crippen LogP contribution in [0.15, 0.2) is 30.3 Å². The van der Waals surface area contributed by atoms with E-state index in [9.17, 15) is 0 Å². The van der Waals surface area contributed by atoms with Crippen LogP contribution < -0.4 is 10.1 Å². The predicted molar refractivity (Wildman–Crippen MR) is 81.5 cm³/mol. The number of nitrogens with one attached hydrogen (secondary N) is 1. The maximum atomic E-state index is 5.69. The van der Waals surface area contributed by atoms with E-state index in [4.69, 9.17) is 4.74 Å². The van der Waals surface area contributed by atoms with Gasteiger partial charge in [-0.1, -0.05) is 44.1 Å². The van der Waals surface area contributed by atoms with E-state index in [0.717, 1.165) is 31.4 Å². The summed E-state index contributed by atoms with van der Waals surface area (Å²) in [6, 6.07) is 9.12. The zero-order chi connectivity index (χ0) is 13.3. The summed E-state index contributed by atoms with van der Waals surface area (Å²) in [5.41, 5.74) is 1.23. The molecule has 2 nitrogen and oxygen atoms in total. The summed E-state index contributed by atoms with van der Waals surface area (Å²) < 4.78 is 5.69. The van der Waals surface area contributed by atoms with Crippen LogP contribution in [0.1, 0.15) is 44.6 Å². The number of unbranched alkanes of at least 4 members (excludes halogenated alkanes) is 2. The van der Waals surface area contributed by atoms with Crippen LogP contribution in [0.25, 0.3) is 6.08 Å². The molecule has 1 aromatic rings. The molecule has 0 atom stereocenters. The lowest BCUT2D eigenvalue weighted by molar-refractivity contribution is 0.306. The molecule has 0 amide bonds. The van der Waals surface area contributed by atoms with Crippen LogP contribution in [0.2, 0.25) is 0 Å². The fourth-order valence-corrected chi connectivity index (χ4v) is 1.93. The molecule has 0 heterocycles. The van der Waals surface area contributed by atoms with E-state index in [1.165, 1.54) is 31.2 Å². The van der Waals surface area contributed by atoms with E-state index >= 15 is 0 Å². The van der Waals surface area contributed by atoms with E-state index in [2.05, 4.69) is 48.7 Å². The molecule has 0 spiro atoms. The predicted octanol–water partition coefficient (Wildman–Crippen LogP) is 4.02. The van der Waals surface area contributed by atoms with Crippen LogP contribution in [-0.4, -0.2) is 19.2 Å². The molecular weight excluding hydrogens is 234 g/mol. The lowest BCUT2D eigenvalue weighted by atomic mass is 10.2. The third kappa shape index (κ3) is 5.93. The van der Waals surface area contributed by atoms with Gasteiger partial charge in [0.25, 0.3) is 0 Å². The van der Waals surface area contributed by atoms with Crippen molar-refractivity contribution in [2.75, 3.05) is 13.2 Å². The molecule has 1 saturated carbocycles. The Morgan fingerprint density at radius 1 is 1.21 bits per heavy atom. The van der Waals surface area contributed by atoms with E-state index < -0.39 is 0 Å². The molecule has 1 aliphatic rings. The van der Waals surface area contributed by atoms with Crippen LogP contribution >= 0.6 is 0 Å². The first kappa shape index (κ1) is 14.1. The highest BCUT2D eigenvalue weighted by Gasteiger charge is 2.18. The van der Waals surface area contributed by atoms with Gasteiger partial charge in [-0.3, -0.25) is 0 Å². The van der Waals surface area contributed by atoms with Crippen molar-refractivity contribution in [3.8, 4) is 5.75 Å². The normalized spacial score (nSPS) is 15.0. The number of benzene rings is 1. The van der Waals surface area contributed by atoms with E-state index in [-0.39, 0.29) is 0 Å². The van der Waals surface area contributed by atoms with Gasteiger partial charge in [0.2, 0.25) is 0 Å². The lowest BCUT2D eigenvalue weighted by Crippen LogP contribution is -2.15. The van der Waals surface area contributed by atoms with Crippen molar-refractivity contribution in [2.24, 2.45) is 0 Å². The summed E-state index contributed by atoms with van der Waals surface area (Å²) in [7, 11) is 0. The van der Waals surface area contributed by atoms with Crippen molar-refractivity contribution < 1.29 is 4.74 Å². The zero-order valence-electron chi connectivity index (χ0n) is 11.9. The molecule has 0 saturated heterocycles. The van der Waals surface area contributed by atoms with Gasteiger partial charge in [-0.2, -0.15) is 0 Å². The first-order valence-electron chi connectivity index (χ1n) is 7.51. The van der Waals surface area contributed by atoms with Gasteiger partial charge in [0.05, 0.1) is 6.61 Å². The Labute approximate surface area is 116 Å². The highest BCUT2D eigenvalue weighted by Crippen LogP contribution is 2.18. The highest BCUT2D eigenvalue weighted by atomic mass is 16.5. The molecular formula is C17H25NO. The molecule has 1 aliphatic carbocycles. The number of hydrogen-bond donors (Lipinski definition) is 1. The van der Waals surface area contributed by atoms with Gasteiger partial charge in [0.1, 0.15) is 5.75 Å². The largest absolute Gasteiger partial charge is 0.494 e. The van der Waals surface area contributed by atoms with Crippen molar-refractivity contribution in [3.63, 3.8) is 0 Å². The lowest BCUT2D eigenvalue weighted by Gasteiger charge is -2.05. The zero-order valence-corrected chi connectivity index (χ0v) is 11.9. The molecule has 0 radical (unpaired) electrons.